The van der Waals surface area contributed by atoms with E-state index in [0.717, 1.165) is 17.8 Å². The first-order valence-electron chi connectivity index (χ1n) is 12.2. The first-order valence-corrected chi connectivity index (χ1v) is 12.2. The zero-order valence-electron chi connectivity index (χ0n) is 20.1. The van der Waals surface area contributed by atoms with Gasteiger partial charge in [-0.2, -0.15) is 0 Å². The first kappa shape index (κ1) is 27.7. The summed E-state index contributed by atoms with van der Waals surface area (Å²) in [5.41, 5.74) is 1.52. The van der Waals surface area contributed by atoms with Crippen LogP contribution in [0.2, 0.25) is 0 Å². The van der Waals surface area contributed by atoms with E-state index in [-0.39, 0.29) is 0 Å². The van der Waals surface area contributed by atoms with Crippen molar-refractivity contribution < 1.29 is 10.2 Å². The van der Waals surface area contributed by atoms with E-state index < -0.39 is 0 Å². The molecule has 0 radical (unpaired) electrons. The SMILES string of the molecule is CC1=CCC(C(C)CO)CC1.CC1CCC(C)CC1.CCCCCC(C)CO. The van der Waals surface area contributed by atoms with Crippen molar-refractivity contribution in [2.75, 3.05) is 13.2 Å². The van der Waals surface area contributed by atoms with Crippen LogP contribution in [0.3, 0.4) is 0 Å². The topological polar surface area (TPSA) is 40.5 Å². The Morgan fingerprint density at radius 3 is 1.89 bits per heavy atom. The predicted octanol–water partition coefficient (Wildman–Crippen LogP) is 7.39. The van der Waals surface area contributed by atoms with Crippen molar-refractivity contribution in [2.45, 2.75) is 112 Å². The van der Waals surface area contributed by atoms with E-state index in [0.29, 0.717) is 25.0 Å². The summed E-state index contributed by atoms with van der Waals surface area (Å²) in [5, 5.41) is 17.6. The number of aliphatic hydroxyl groups is 2. The summed E-state index contributed by atoms with van der Waals surface area (Å²) in [4.78, 5) is 0. The highest BCUT2D eigenvalue weighted by atomic mass is 16.3. The predicted molar refractivity (Wildman–Crippen MR) is 125 cm³/mol. The third kappa shape index (κ3) is 14.6. The van der Waals surface area contributed by atoms with Gasteiger partial charge in [0.05, 0.1) is 0 Å². The van der Waals surface area contributed by atoms with Gasteiger partial charge in [-0.1, -0.05) is 91.2 Å². The zero-order valence-corrected chi connectivity index (χ0v) is 20.1. The van der Waals surface area contributed by atoms with Crippen molar-refractivity contribution in [3.05, 3.63) is 11.6 Å². The average molecular weight is 397 g/mol. The Labute approximate surface area is 177 Å². The number of hydrogen-bond acceptors (Lipinski definition) is 2. The monoisotopic (exact) mass is 396 g/mol. The number of hydrogen-bond donors (Lipinski definition) is 2. The van der Waals surface area contributed by atoms with Gasteiger partial charge in [0.15, 0.2) is 0 Å². The Kier molecular flexibility index (Phi) is 17.3. The second-order valence-corrected chi connectivity index (χ2v) is 9.89. The zero-order chi connectivity index (χ0) is 21.4. The molecule has 2 nitrogen and oxygen atoms in total. The lowest BCUT2D eigenvalue weighted by Gasteiger charge is -2.24. The van der Waals surface area contributed by atoms with E-state index in [1.165, 1.54) is 76.2 Å². The second kappa shape index (κ2) is 17.5. The van der Waals surface area contributed by atoms with Crippen LogP contribution in [0.25, 0.3) is 0 Å². The summed E-state index contributed by atoms with van der Waals surface area (Å²) in [5.74, 6) is 3.76. The maximum atomic E-state index is 8.93. The molecule has 0 aromatic carbocycles. The molecule has 0 spiro atoms. The summed E-state index contributed by atoms with van der Waals surface area (Å²) in [6.45, 7) is 14.1. The van der Waals surface area contributed by atoms with Gasteiger partial charge < -0.3 is 10.2 Å². The summed E-state index contributed by atoms with van der Waals surface area (Å²) in [7, 11) is 0. The maximum absolute atomic E-state index is 8.93. The minimum atomic E-state index is 0.345. The average Bonchev–Trinajstić information content (AvgIpc) is 2.71. The van der Waals surface area contributed by atoms with Crippen LogP contribution in [0.4, 0.5) is 0 Å². The van der Waals surface area contributed by atoms with Crippen LogP contribution in [0.5, 0.6) is 0 Å². The normalized spacial score (nSPS) is 26.7. The molecule has 2 rings (SSSR count). The molecule has 2 heteroatoms. The van der Waals surface area contributed by atoms with Gasteiger partial charge >= 0.3 is 0 Å². The van der Waals surface area contributed by atoms with Crippen molar-refractivity contribution in [1.82, 2.24) is 0 Å². The van der Waals surface area contributed by atoms with Gasteiger partial charge in [-0.25, -0.2) is 0 Å². The van der Waals surface area contributed by atoms with E-state index in [4.69, 9.17) is 10.2 Å². The Hall–Kier alpha value is -0.340. The van der Waals surface area contributed by atoms with Crippen molar-refractivity contribution in [3.63, 3.8) is 0 Å². The first-order chi connectivity index (χ1) is 13.3. The van der Waals surface area contributed by atoms with Crippen LogP contribution >= 0.6 is 0 Å². The van der Waals surface area contributed by atoms with Crippen LogP contribution in [-0.4, -0.2) is 23.4 Å². The maximum Gasteiger partial charge on any atom is 0.0459 e. The molecular weight excluding hydrogens is 344 g/mol. The quantitative estimate of drug-likeness (QED) is 0.348. The highest BCUT2D eigenvalue weighted by Crippen LogP contribution is 2.28. The minimum absolute atomic E-state index is 0.345. The summed E-state index contributed by atoms with van der Waals surface area (Å²) >= 11 is 0. The van der Waals surface area contributed by atoms with E-state index in [1.807, 2.05) is 0 Å². The molecule has 1 saturated carbocycles. The van der Waals surface area contributed by atoms with Crippen LogP contribution in [0, 0.1) is 29.6 Å². The smallest absolute Gasteiger partial charge is 0.0459 e. The fourth-order valence-electron chi connectivity index (χ4n) is 3.91. The lowest BCUT2D eigenvalue weighted by molar-refractivity contribution is 0.180. The van der Waals surface area contributed by atoms with Crippen molar-refractivity contribution in [1.29, 1.82) is 0 Å². The molecule has 168 valence electrons. The lowest BCUT2D eigenvalue weighted by atomic mass is 9.82. The van der Waals surface area contributed by atoms with Gasteiger partial charge in [-0.05, 0) is 62.2 Å². The van der Waals surface area contributed by atoms with Crippen LogP contribution < -0.4 is 0 Å². The highest BCUT2D eigenvalue weighted by Gasteiger charge is 2.18. The van der Waals surface area contributed by atoms with E-state index in [2.05, 4.69) is 47.6 Å². The second-order valence-electron chi connectivity index (χ2n) is 9.89. The van der Waals surface area contributed by atoms with Crippen molar-refractivity contribution >= 4 is 0 Å². The van der Waals surface area contributed by atoms with E-state index >= 15 is 0 Å². The molecule has 3 unspecified atom stereocenters. The molecule has 0 saturated heterocycles. The molecule has 28 heavy (non-hydrogen) atoms. The fraction of sp³-hybridized carbons (Fsp3) is 0.923. The molecule has 3 atom stereocenters. The van der Waals surface area contributed by atoms with Crippen LogP contribution in [-0.2, 0) is 0 Å². The van der Waals surface area contributed by atoms with Gasteiger partial charge in [0.1, 0.15) is 0 Å². The van der Waals surface area contributed by atoms with Crippen molar-refractivity contribution in [2.24, 2.45) is 29.6 Å². The third-order valence-electron chi connectivity index (χ3n) is 6.69. The van der Waals surface area contributed by atoms with E-state index in [9.17, 15) is 0 Å². The molecule has 2 N–H and O–H groups in total. The number of aliphatic hydroxyl groups excluding tert-OH is 2. The molecule has 0 aromatic heterocycles. The molecule has 2 aliphatic rings. The number of unbranched alkanes of at least 4 members (excludes halogenated alkanes) is 2. The van der Waals surface area contributed by atoms with Gasteiger partial charge in [0.25, 0.3) is 0 Å². The highest BCUT2D eigenvalue weighted by molar-refractivity contribution is 5.03. The molecule has 0 bridgehead atoms. The van der Waals surface area contributed by atoms with E-state index in [1.54, 1.807) is 0 Å². The Morgan fingerprint density at radius 1 is 0.929 bits per heavy atom. The Balaban J connectivity index is 0.000000396. The van der Waals surface area contributed by atoms with Gasteiger partial charge in [0.2, 0.25) is 0 Å². The summed E-state index contributed by atoms with van der Waals surface area (Å²) in [6, 6.07) is 0. The van der Waals surface area contributed by atoms with Gasteiger partial charge in [-0.15, -0.1) is 0 Å². The number of rotatable bonds is 7. The molecule has 0 aliphatic heterocycles. The van der Waals surface area contributed by atoms with Gasteiger partial charge in [-0.3, -0.25) is 0 Å². The van der Waals surface area contributed by atoms with Crippen molar-refractivity contribution in [3.8, 4) is 0 Å². The molecule has 0 aromatic rings. The lowest BCUT2D eigenvalue weighted by Crippen LogP contribution is -2.17. The fourth-order valence-corrected chi connectivity index (χ4v) is 3.91. The molecule has 2 aliphatic carbocycles. The largest absolute Gasteiger partial charge is 0.396 e. The van der Waals surface area contributed by atoms with Crippen LogP contribution in [0.1, 0.15) is 112 Å². The summed E-state index contributed by atoms with van der Waals surface area (Å²) < 4.78 is 0. The minimum Gasteiger partial charge on any atom is -0.396 e. The molecule has 0 heterocycles. The molecular formula is C26H52O2. The molecule has 0 amide bonds. The third-order valence-corrected chi connectivity index (χ3v) is 6.69. The Morgan fingerprint density at radius 2 is 1.50 bits per heavy atom. The number of allylic oxidation sites excluding steroid dienone is 2. The van der Waals surface area contributed by atoms with Crippen LogP contribution in [0.15, 0.2) is 11.6 Å². The standard InChI is InChI=1S/C10H18O.C8H18O.C8H16/c1-8-3-5-10(6-4-8)9(2)7-11;1-3-4-5-6-8(2)7-9;1-7-3-5-8(2)6-4-7/h3,9-11H,4-7H2,1-2H3;8-9H,3-7H2,1-2H3;7-8H,3-6H2,1-2H3. The Bertz CT molecular complexity index is 359. The summed E-state index contributed by atoms with van der Waals surface area (Å²) in [6.07, 6.45) is 16.9. The van der Waals surface area contributed by atoms with Gasteiger partial charge in [0, 0.05) is 13.2 Å². The molecule has 1 fully saturated rings.